The topological polar surface area (TPSA) is 66.4 Å². The molecular formula is C22H24N4O2S. The second-order valence-electron chi connectivity index (χ2n) is 7.87. The molecule has 6 nitrogen and oxygen atoms in total. The Kier molecular flexibility index (Phi) is 4.42. The zero-order valence-corrected chi connectivity index (χ0v) is 17.3. The number of benzene rings is 2. The van der Waals surface area contributed by atoms with E-state index in [1.165, 1.54) is 0 Å². The van der Waals surface area contributed by atoms with Gasteiger partial charge in [0.1, 0.15) is 12.1 Å². The maximum absolute atomic E-state index is 13.5. The molecule has 7 heteroatoms. The number of nitrogens with zero attached hydrogens (tertiary/aromatic N) is 4. The number of aromatic nitrogens is 2. The Labute approximate surface area is 171 Å². The van der Waals surface area contributed by atoms with E-state index in [1.54, 1.807) is 10.6 Å². The fourth-order valence-corrected chi connectivity index (χ4v) is 6.62. The van der Waals surface area contributed by atoms with E-state index in [0.29, 0.717) is 19.5 Å². The van der Waals surface area contributed by atoms with E-state index in [-0.39, 0.29) is 0 Å². The predicted molar refractivity (Wildman–Crippen MR) is 116 cm³/mol. The van der Waals surface area contributed by atoms with E-state index in [9.17, 15) is 8.42 Å². The molecule has 0 saturated carbocycles. The SMILES string of the molecule is Cc1cccc2ncnc(N3CCCC(S(=O)(=O)N4CCc5ccccc54)C3)c12. The first kappa shape index (κ1) is 18.4. The molecule has 5 rings (SSSR count). The van der Waals surface area contributed by atoms with Crippen LogP contribution in [0.3, 0.4) is 0 Å². The van der Waals surface area contributed by atoms with Crippen LogP contribution in [0.5, 0.6) is 0 Å². The smallest absolute Gasteiger partial charge is 0.239 e. The molecule has 0 aliphatic carbocycles. The van der Waals surface area contributed by atoms with Gasteiger partial charge < -0.3 is 4.90 Å². The van der Waals surface area contributed by atoms with Gasteiger partial charge in [-0.1, -0.05) is 30.3 Å². The Balaban J connectivity index is 1.48. The van der Waals surface area contributed by atoms with Crippen LogP contribution in [0.1, 0.15) is 24.0 Å². The minimum absolute atomic E-state index is 0.434. The van der Waals surface area contributed by atoms with Gasteiger partial charge in [0.15, 0.2) is 0 Å². The molecule has 2 aliphatic rings. The summed E-state index contributed by atoms with van der Waals surface area (Å²) in [6.45, 7) is 3.85. The summed E-state index contributed by atoms with van der Waals surface area (Å²) < 4.78 is 28.7. The van der Waals surface area contributed by atoms with Gasteiger partial charge >= 0.3 is 0 Å². The molecule has 2 aromatic carbocycles. The van der Waals surface area contributed by atoms with Crippen molar-refractivity contribution in [2.24, 2.45) is 0 Å². The highest BCUT2D eigenvalue weighted by Gasteiger charge is 2.38. The van der Waals surface area contributed by atoms with Gasteiger partial charge in [0.25, 0.3) is 0 Å². The van der Waals surface area contributed by atoms with Crippen LogP contribution in [0.15, 0.2) is 48.8 Å². The molecule has 2 aliphatic heterocycles. The molecule has 29 heavy (non-hydrogen) atoms. The van der Waals surface area contributed by atoms with Crippen molar-refractivity contribution in [3.05, 3.63) is 59.9 Å². The van der Waals surface area contributed by atoms with Gasteiger partial charge in [0.05, 0.1) is 16.5 Å². The first-order chi connectivity index (χ1) is 14.1. The van der Waals surface area contributed by atoms with Gasteiger partial charge in [-0.05, 0) is 49.4 Å². The minimum atomic E-state index is -3.43. The minimum Gasteiger partial charge on any atom is -0.355 e. The lowest BCUT2D eigenvalue weighted by molar-refractivity contribution is 0.528. The van der Waals surface area contributed by atoms with Crippen molar-refractivity contribution in [1.82, 2.24) is 9.97 Å². The summed E-state index contributed by atoms with van der Waals surface area (Å²) >= 11 is 0. The lowest BCUT2D eigenvalue weighted by Crippen LogP contribution is -2.48. The number of piperidine rings is 1. The Hall–Kier alpha value is -2.67. The fourth-order valence-electron chi connectivity index (χ4n) is 4.63. The van der Waals surface area contributed by atoms with E-state index >= 15 is 0 Å². The van der Waals surface area contributed by atoms with Crippen LogP contribution in [-0.4, -0.2) is 43.3 Å². The third-order valence-electron chi connectivity index (χ3n) is 6.10. The van der Waals surface area contributed by atoms with Gasteiger partial charge in [0, 0.05) is 25.0 Å². The molecule has 0 radical (unpaired) electrons. The van der Waals surface area contributed by atoms with Crippen molar-refractivity contribution < 1.29 is 8.42 Å². The number of fused-ring (bicyclic) bond motifs is 2. The van der Waals surface area contributed by atoms with E-state index in [4.69, 9.17) is 0 Å². The molecule has 0 N–H and O–H groups in total. The quantitative estimate of drug-likeness (QED) is 0.665. The van der Waals surface area contributed by atoms with Crippen LogP contribution in [0.2, 0.25) is 0 Å². The fraction of sp³-hybridized carbons (Fsp3) is 0.364. The summed E-state index contributed by atoms with van der Waals surface area (Å²) in [5, 5.41) is 0.580. The summed E-state index contributed by atoms with van der Waals surface area (Å²) in [5.41, 5.74) is 3.96. The molecule has 1 saturated heterocycles. The summed E-state index contributed by atoms with van der Waals surface area (Å²) in [7, 11) is -3.43. The molecule has 1 unspecified atom stereocenters. The van der Waals surface area contributed by atoms with Gasteiger partial charge in [-0.15, -0.1) is 0 Å². The Morgan fingerprint density at radius 3 is 2.79 bits per heavy atom. The third-order valence-corrected chi connectivity index (χ3v) is 8.32. The molecule has 1 fully saturated rings. The van der Waals surface area contributed by atoms with Crippen LogP contribution in [0.4, 0.5) is 11.5 Å². The van der Waals surface area contributed by atoms with Crippen LogP contribution < -0.4 is 9.21 Å². The van der Waals surface area contributed by atoms with Crippen LogP contribution in [0.25, 0.3) is 10.9 Å². The lowest BCUT2D eigenvalue weighted by atomic mass is 10.1. The first-order valence-corrected chi connectivity index (χ1v) is 11.6. The van der Waals surface area contributed by atoms with Crippen molar-refractivity contribution >= 4 is 32.4 Å². The summed E-state index contributed by atoms with van der Waals surface area (Å²) in [6.07, 6.45) is 3.86. The summed E-state index contributed by atoms with van der Waals surface area (Å²) in [5.74, 6) is 0.842. The second-order valence-corrected chi connectivity index (χ2v) is 10.0. The van der Waals surface area contributed by atoms with Crippen LogP contribution in [0, 0.1) is 6.92 Å². The van der Waals surface area contributed by atoms with Crippen molar-refractivity contribution in [2.45, 2.75) is 31.4 Å². The van der Waals surface area contributed by atoms with Crippen molar-refractivity contribution in [2.75, 3.05) is 28.8 Å². The van der Waals surface area contributed by atoms with Gasteiger partial charge in [0.2, 0.25) is 10.0 Å². The number of rotatable bonds is 3. The number of hydrogen-bond acceptors (Lipinski definition) is 5. The Bertz CT molecular complexity index is 1170. The predicted octanol–water partition coefficient (Wildman–Crippen LogP) is 3.30. The monoisotopic (exact) mass is 408 g/mol. The van der Waals surface area contributed by atoms with Crippen molar-refractivity contribution in [3.8, 4) is 0 Å². The highest BCUT2D eigenvalue weighted by molar-refractivity contribution is 7.93. The second kappa shape index (κ2) is 6.99. The Morgan fingerprint density at radius 2 is 1.90 bits per heavy atom. The van der Waals surface area contributed by atoms with Gasteiger partial charge in [-0.2, -0.15) is 0 Å². The van der Waals surface area contributed by atoms with Crippen molar-refractivity contribution in [1.29, 1.82) is 0 Å². The number of aryl methyl sites for hydroxylation is 1. The molecule has 3 aromatic rings. The zero-order chi connectivity index (χ0) is 20.0. The number of para-hydroxylation sites is 1. The average Bonchev–Trinajstić information content (AvgIpc) is 3.19. The first-order valence-electron chi connectivity index (χ1n) is 10.1. The molecule has 1 aromatic heterocycles. The van der Waals surface area contributed by atoms with Gasteiger partial charge in [-0.25, -0.2) is 18.4 Å². The molecule has 0 bridgehead atoms. The number of sulfonamides is 1. The molecule has 3 heterocycles. The standard InChI is InChI=1S/C22H24N4O2S/c1-16-6-4-9-19-21(16)22(24-15-23-19)25-12-5-8-18(14-25)29(27,28)26-13-11-17-7-2-3-10-20(17)26/h2-4,6-7,9-10,15,18H,5,8,11-14H2,1H3. The lowest BCUT2D eigenvalue weighted by Gasteiger charge is -2.36. The highest BCUT2D eigenvalue weighted by Crippen LogP contribution is 2.35. The van der Waals surface area contributed by atoms with Gasteiger partial charge in [-0.3, -0.25) is 4.31 Å². The van der Waals surface area contributed by atoms with E-state index in [0.717, 1.165) is 52.9 Å². The highest BCUT2D eigenvalue weighted by atomic mass is 32.2. The van der Waals surface area contributed by atoms with E-state index in [2.05, 4.69) is 27.9 Å². The molecule has 0 amide bonds. The molecule has 150 valence electrons. The Morgan fingerprint density at radius 1 is 1.03 bits per heavy atom. The summed E-state index contributed by atoms with van der Waals surface area (Å²) in [6, 6.07) is 13.8. The zero-order valence-electron chi connectivity index (χ0n) is 16.5. The van der Waals surface area contributed by atoms with E-state index < -0.39 is 15.3 Å². The van der Waals surface area contributed by atoms with Crippen LogP contribution >= 0.6 is 0 Å². The van der Waals surface area contributed by atoms with E-state index in [1.807, 2.05) is 36.4 Å². The third kappa shape index (κ3) is 3.04. The molecule has 1 atom stereocenters. The number of anilines is 2. The maximum atomic E-state index is 13.5. The van der Waals surface area contributed by atoms with Crippen LogP contribution in [-0.2, 0) is 16.4 Å². The average molecular weight is 409 g/mol. The maximum Gasteiger partial charge on any atom is 0.239 e. The normalized spacial score (nSPS) is 19.6. The molecular weight excluding hydrogens is 384 g/mol. The largest absolute Gasteiger partial charge is 0.355 e. The molecule has 0 spiro atoms. The van der Waals surface area contributed by atoms with Crippen molar-refractivity contribution in [3.63, 3.8) is 0 Å². The number of hydrogen-bond donors (Lipinski definition) is 0. The summed E-state index contributed by atoms with van der Waals surface area (Å²) in [4.78, 5) is 11.1.